The molecule has 0 aliphatic carbocycles. The van der Waals surface area contributed by atoms with Gasteiger partial charge in [0.2, 0.25) is 0 Å². The van der Waals surface area contributed by atoms with Crippen molar-refractivity contribution in [3.05, 3.63) is 36.0 Å². The maximum atomic E-state index is 13.0. The van der Waals surface area contributed by atoms with E-state index >= 15 is 0 Å². The van der Waals surface area contributed by atoms with Crippen molar-refractivity contribution in [1.82, 2.24) is 19.7 Å². The number of para-hydroxylation sites is 1. The highest BCUT2D eigenvalue weighted by Crippen LogP contribution is 2.37. The molecule has 1 N–H and O–H groups in total. The van der Waals surface area contributed by atoms with Gasteiger partial charge in [0.1, 0.15) is 11.2 Å². The Bertz CT molecular complexity index is 907. The summed E-state index contributed by atoms with van der Waals surface area (Å²) in [5, 5.41) is 1.00. The van der Waals surface area contributed by atoms with E-state index in [4.69, 9.17) is 0 Å². The molecular formula is C21H26N4O3. The molecule has 0 radical (unpaired) electrons. The molecule has 0 unspecified atom stereocenters. The van der Waals surface area contributed by atoms with Crippen molar-refractivity contribution in [2.75, 3.05) is 26.7 Å². The molecule has 3 heterocycles. The van der Waals surface area contributed by atoms with Gasteiger partial charge in [0.05, 0.1) is 0 Å². The van der Waals surface area contributed by atoms with Crippen LogP contribution in [0.2, 0.25) is 0 Å². The van der Waals surface area contributed by atoms with Crippen molar-refractivity contribution in [2.45, 2.75) is 32.2 Å². The van der Waals surface area contributed by atoms with Crippen molar-refractivity contribution in [2.24, 2.45) is 5.92 Å². The number of aromatic amines is 1. The summed E-state index contributed by atoms with van der Waals surface area (Å²) in [6.45, 7) is 5.53. The highest BCUT2D eigenvalue weighted by molar-refractivity contribution is 6.07. The highest BCUT2D eigenvalue weighted by atomic mass is 16.2. The van der Waals surface area contributed by atoms with Crippen LogP contribution in [0.15, 0.2) is 30.3 Å². The number of H-pyrrole nitrogens is 1. The van der Waals surface area contributed by atoms with Gasteiger partial charge in [0, 0.05) is 37.6 Å². The first-order valence-electron chi connectivity index (χ1n) is 9.80. The molecule has 1 aromatic heterocycles. The molecule has 2 aliphatic heterocycles. The van der Waals surface area contributed by atoms with Gasteiger partial charge in [-0.3, -0.25) is 14.5 Å². The van der Waals surface area contributed by atoms with E-state index < -0.39 is 5.54 Å². The van der Waals surface area contributed by atoms with Gasteiger partial charge in [-0.15, -0.1) is 0 Å². The quantitative estimate of drug-likeness (QED) is 0.829. The average Bonchev–Trinajstić information content (AvgIpc) is 3.19. The lowest BCUT2D eigenvalue weighted by atomic mass is 9.85. The summed E-state index contributed by atoms with van der Waals surface area (Å²) in [6.07, 6.45) is 0.946. The van der Waals surface area contributed by atoms with E-state index in [0.29, 0.717) is 38.2 Å². The summed E-state index contributed by atoms with van der Waals surface area (Å²) in [7, 11) is 1.55. The zero-order chi connectivity index (χ0) is 20.1. The molecule has 1 aromatic carbocycles. The van der Waals surface area contributed by atoms with Crippen LogP contribution in [-0.2, 0) is 4.79 Å². The number of likely N-dealkylation sites (N-methyl/N-ethyl adjacent to an activating group) is 1. The molecule has 2 fully saturated rings. The van der Waals surface area contributed by atoms with Gasteiger partial charge in [0.15, 0.2) is 0 Å². The van der Waals surface area contributed by atoms with Crippen LogP contribution < -0.4 is 0 Å². The summed E-state index contributed by atoms with van der Waals surface area (Å²) < 4.78 is 0. The number of piperidine rings is 1. The molecule has 28 heavy (non-hydrogen) atoms. The molecule has 2 saturated heterocycles. The Morgan fingerprint density at radius 1 is 1.18 bits per heavy atom. The third kappa shape index (κ3) is 2.77. The topological polar surface area (TPSA) is 76.7 Å². The molecule has 2 aliphatic rings. The van der Waals surface area contributed by atoms with Crippen LogP contribution in [0.3, 0.4) is 0 Å². The lowest BCUT2D eigenvalue weighted by molar-refractivity contribution is -0.134. The van der Waals surface area contributed by atoms with Gasteiger partial charge in [-0.25, -0.2) is 4.79 Å². The van der Waals surface area contributed by atoms with Crippen LogP contribution in [0.1, 0.15) is 37.2 Å². The third-order valence-electron chi connectivity index (χ3n) is 5.92. The van der Waals surface area contributed by atoms with E-state index in [1.165, 1.54) is 4.90 Å². The van der Waals surface area contributed by atoms with Crippen molar-refractivity contribution in [1.29, 1.82) is 0 Å². The molecule has 0 bridgehead atoms. The predicted molar refractivity (Wildman–Crippen MR) is 106 cm³/mol. The van der Waals surface area contributed by atoms with E-state index in [9.17, 15) is 14.4 Å². The number of benzene rings is 1. The van der Waals surface area contributed by atoms with E-state index in [1.54, 1.807) is 16.8 Å². The number of amides is 4. The zero-order valence-corrected chi connectivity index (χ0v) is 16.6. The number of hydrogen-bond acceptors (Lipinski definition) is 3. The van der Waals surface area contributed by atoms with Gasteiger partial charge in [0.25, 0.3) is 11.8 Å². The summed E-state index contributed by atoms with van der Waals surface area (Å²) in [6, 6.07) is 9.42. The third-order valence-corrected chi connectivity index (χ3v) is 5.92. The van der Waals surface area contributed by atoms with Crippen molar-refractivity contribution in [3.8, 4) is 0 Å². The zero-order valence-electron chi connectivity index (χ0n) is 16.6. The van der Waals surface area contributed by atoms with Gasteiger partial charge >= 0.3 is 6.03 Å². The van der Waals surface area contributed by atoms with Crippen LogP contribution in [0.4, 0.5) is 4.79 Å². The molecule has 4 rings (SSSR count). The largest absolute Gasteiger partial charge is 0.351 e. The Kier molecular flexibility index (Phi) is 4.40. The number of nitrogens with one attached hydrogen (secondary N) is 1. The maximum Gasteiger partial charge on any atom is 0.327 e. The first-order chi connectivity index (χ1) is 13.3. The molecule has 148 valence electrons. The van der Waals surface area contributed by atoms with E-state index in [-0.39, 0.29) is 23.8 Å². The number of likely N-dealkylation sites (tertiary alicyclic amines) is 1. The number of urea groups is 1. The number of carbonyl (C=O) groups excluding carboxylic acids is 3. The second-order valence-electron chi connectivity index (χ2n) is 8.25. The Labute approximate surface area is 164 Å². The number of fused-ring (bicyclic) bond motifs is 1. The number of imide groups is 1. The minimum Gasteiger partial charge on any atom is -0.351 e. The molecule has 7 heteroatoms. The first-order valence-corrected chi connectivity index (χ1v) is 9.80. The molecule has 0 atom stereocenters. The SMILES string of the molecule is CC(C)CN1C(=O)N(C)C(=O)C12CCN(C(=O)c1cc3ccccc3[nH]1)CC2. The first kappa shape index (κ1) is 18.5. The molecular weight excluding hydrogens is 356 g/mol. The van der Waals surface area contributed by atoms with Crippen LogP contribution in [0.5, 0.6) is 0 Å². The minimum absolute atomic E-state index is 0.0633. The highest BCUT2D eigenvalue weighted by Gasteiger charge is 2.57. The smallest absolute Gasteiger partial charge is 0.327 e. The lowest BCUT2D eigenvalue weighted by Crippen LogP contribution is -2.58. The number of nitrogens with zero attached hydrogens (tertiary/aromatic N) is 3. The van der Waals surface area contributed by atoms with Crippen LogP contribution in [0, 0.1) is 5.92 Å². The van der Waals surface area contributed by atoms with E-state index in [2.05, 4.69) is 4.98 Å². The lowest BCUT2D eigenvalue weighted by Gasteiger charge is -2.42. The Balaban J connectivity index is 1.53. The normalized spacial score (nSPS) is 19.5. The molecule has 0 saturated carbocycles. The fraction of sp³-hybridized carbons (Fsp3) is 0.476. The number of aromatic nitrogens is 1. The van der Waals surface area contributed by atoms with Gasteiger partial charge in [-0.1, -0.05) is 32.0 Å². The molecule has 2 aromatic rings. The fourth-order valence-electron chi connectivity index (χ4n) is 4.42. The van der Waals surface area contributed by atoms with Crippen molar-refractivity contribution >= 4 is 28.7 Å². The number of carbonyl (C=O) groups is 3. The second kappa shape index (κ2) is 6.65. The molecule has 1 spiro atoms. The Hall–Kier alpha value is -2.83. The molecule has 4 amide bonds. The summed E-state index contributed by atoms with van der Waals surface area (Å²) in [5.41, 5.74) is 0.676. The average molecular weight is 382 g/mol. The van der Waals surface area contributed by atoms with E-state index in [0.717, 1.165) is 10.9 Å². The Morgan fingerprint density at radius 3 is 2.50 bits per heavy atom. The Morgan fingerprint density at radius 2 is 1.86 bits per heavy atom. The second-order valence-corrected chi connectivity index (χ2v) is 8.25. The number of hydrogen-bond donors (Lipinski definition) is 1. The van der Waals surface area contributed by atoms with Crippen LogP contribution in [-0.4, -0.2) is 69.8 Å². The van der Waals surface area contributed by atoms with Gasteiger partial charge < -0.3 is 14.8 Å². The maximum absolute atomic E-state index is 13.0. The van der Waals surface area contributed by atoms with Gasteiger partial charge in [-0.2, -0.15) is 0 Å². The van der Waals surface area contributed by atoms with Crippen LogP contribution in [0.25, 0.3) is 10.9 Å². The van der Waals surface area contributed by atoms with E-state index in [1.807, 2.05) is 44.2 Å². The predicted octanol–water partition coefficient (Wildman–Crippen LogP) is 2.69. The fourth-order valence-corrected chi connectivity index (χ4v) is 4.42. The number of rotatable bonds is 3. The van der Waals surface area contributed by atoms with Gasteiger partial charge in [-0.05, 0) is 30.9 Å². The van der Waals surface area contributed by atoms with Crippen LogP contribution >= 0.6 is 0 Å². The standard InChI is InChI=1S/C21H26N4O3/c1-14(2)13-25-20(28)23(3)19(27)21(25)8-10-24(11-9-21)18(26)17-12-15-6-4-5-7-16(15)22-17/h4-7,12,14,22H,8-11,13H2,1-3H3. The van der Waals surface area contributed by atoms with Crippen molar-refractivity contribution in [3.63, 3.8) is 0 Å². The van der Waals surface area contributed by atoms with Crippen molar-refractivity contribution < 1.29 is 14.4 Å². The summed E-state index contributed by atoms with van der Waals surface area (Å²) >= 11 is 0. The summed E-state index contributed by atoms with van der Waals surface area (Å²) in [5.74, 6) is 0.0635. The minimum atomic E-state index is -0.812. The molecule has 7 nitrogen and oxygen atoms in total. The monoisotopic (exact) mass is 382 g/mol. The summed E-state index contributed by atoms with van der Waals surface area (Å²) in [4.78, 5) is 46.4.